The molecular weight excluding hydrogens is 1060 g/mol. The van der Waals surface area contributed by atoms with Gasteiger partial charge in [0.15, 0.2) is 0 Å². The van der Waals surface area contributed by atoms with Crippen molar-refractivity contribution in [3.05, 3.63) is 173 Å². The number of hydrogen-bond donors (Lipinski definition) is 8. The molecule has 0 spiro atoms. The van der Waals surface area contributed by atoms with E-state index in [0.29, 0.717) is 49.2 Å². The van der Waals surface area contributed by atoms with Crippen LogP contribution < -0.4 is 42.4 Å². The largest absolute Gasteiger partial charge is 0.489 e. The van der Waals surface area contributed by atoms with Gasteiger partial charge in [0.25, 0.3) is 0 Å². The lowest BCUT2D eigenvalue weighted by atomic mass is 9.90. The second-order valence-corrected chi connectivity index (χ2v) is 22.0. The lowest BCUT2D eigenvalue weighted by Crippen LogP contribution is -2.63. The Kier molecular flexibility index (Phi) is 18.7. The topological polar surface area (TPSA) is 258 Å². The fourth-order valence-corrected chi connectivity index (χ4v) is 11.7. The number of rotatable bonds is 15. The second-order valence-electron chi connectivity index (χ2n) is 22.0. The second kappa shape index (κ2) is 27.0. The summed E-state index contributed by atoms with van der Waals surface area (Å²) in [6.07, 6.45) is 1.89. The SMILES string of the molecule is NCCNC(=O)O[C@@H]1C[C@H]2C(=O)N[C@@H](CCc3ccccc3)C(=O)N[C@H](Cc3c[nH]c4ccccc34)C(=O)NC(CC3CCNCC3)C(=O)N[C@@H](Cc3ccc(OCc4ccc(F)cc4)cc3)C(=O)N3Cc4ccccc4C[C@H]3C(=O)N2C1. The highest BCUT2D eigenvalue weighted by Gasteiger charge is 2.48. The number of nitrogens with one attached hydrogen (secondary N) is 7. The van der Waals surface area contributed by atoms with Crippen molar-refractivity contribution in [3.8, 4) is 5.75 Å². The third-order valence-corrected chi connectivity index (χ3v) is 16.2. The molecule has 83 heavy (non-hydrogen) atoms. The Balaban J connectivity index is 1.05. The number of alkyl carbamates (subject to hydrolysis) is 1. The van der Waals surface area contributed by atoms with Crippen molar-refractivity contribution in [2.24, 2.45) is 11.7 Å². The molecule has 7 atom stereocenters. The minimum atomic E-state index is -1.31. The molecule has 0 bridgehead atoms. The predicted octanol–water partition coefficient (Wildman–Crippen LogP) is 4.25. The molecule has 4 aliphatic heterocycles. The minimum Gasteiger partial charge on any atom is -0.489 e. The first-order chi connectivity index (χ1) is 40.3. The van der Waals surface area contributed by atoms with Gasteiger partial charge in [0.2, 0.25) is 35.4 Å². The smallest absolute Gasteiger partial charge is 0.407 e. The van der Waals surface area contributed by atoms with Crippen LogP contribution in [0.5, 0.6) is 5.75 Å². The molecule has 1 unspecified atom stereocenters. The maximum Gasteiger partial charge on any atom is 0.407 e. The summed E-state index contributed by atoms with van der Waals surface area (Å²) in [7, 11) is 0. The van der Waals surface area contributed by atoms with E-state index in [9.17, 15) is 9.18 Å². The molecule has 7 amide bonds. The number of carbonyl (C=O) groups is 7. The van der Waals surface area contributed by atoms with Crippen molar-refractivity contribution in [2.45, 2.75) is 113 Å². The molecule has 1 aromatic heterocycles. The number of H-pyrrole nitrogens is 1. The Bertz CT molecular complexity index is 3260. The number of benzene rings is 5. The molecule has 434 valence electrons. The first kappa shape index (κ1) is 57.6. The van der Waals surface area contributed by atoms with E-state index in [1.807, 2.05) is 78.9 Å². The molecule has 0 saturated carbocycles. The molecule has 10 rings (SSSR count). The van der Waals surface area contributed by atoms with E-state index in [1.165, 1.54) is 21.9 Å². The van der Waals surface area contributed by atoms with Crippen LogP contribution in [-0.2, 0) is 72.3 Å². The van der Waals surface area contributed by atoms with Crippen LogP contribution in [0.4, 0.5) is 9.18 Å². The molecule has 0 aliphatic carbocycles. The number of fused-ring (bicyclic) bond motifs is 4. The van der Waals surface area contributed by atoms with Crippen LogP contribution in [0.25, 0.3) is 10.9 Å². The molecule has 6 aromatic rings. The Morgan fingerprint density at radius 3 is 2.08 bits per heavy atom. The number of para-hydroxylation sites is 1. The van der Waals surface area contributed by atoms with E-state index in [4.69, 9.17) is 15.2 Å². The summed E-state index contributed by atoms with van der Waals surface area (Å²) in [6, 6.07) is 29.8. The van der Waals surface area contributed by atoms with Crippen LogP contribution >= 0.6 is 0 Å². The number of ether oxygens (including phenoxy) is 2. The molecule has 4 aliphatic rings. The predicted molar refractivity (Wildman–Crippen MR) is 308 cm³/mol. The Hall–Kier alpha value is -8.62. The lowest BCUT2D eigenvalue weighted by molar-refractivity contribution is -0.151. The van der Waals surface area contributed by atoms with Crippen molar-refractivity contribution >= 4 is 52.4 Å². The Morgan fingerprint density at radius 2 is 1.31 bits per heavy atom. The zero-order valence-electron chi connectivity index (χ0n) is 46.2. The van der Waals surface area contributed by atoms with Crippen molar-refractivity contribution in [3.63, 3.8) is 0 Å². The first-order valence-corrected chi connectivity index (χ1v) is 28.6. The number of carbonyl (C=O) groups excluding carboxylic acids is 7. The van der Waals surface area contributed by atoms with E-state index < -0.39 is 83.9 Å². The van der Waals surface area contributed by atoms with Crippen LogP contribution in [0.15, 0.2) is 134 Å². The number of nitrogens with two attached hydrogens (primary N) is 1. The van der Waals surface area contributed by atoms with Gasteiger partial charge in [0.1, 0.15) is 60.5 Å². The highest BCUT2D eigenvalue weighted by molar-refractivity contribution is 5.99. The van der Waals surface area contributed by atoms with Crippen LogP contribution in [0.3, 0.4) is 0 Å². The number of piperidine rings is 1. The molecule has 5 heterocycles. The van der Waals surface area contributed by atoms with E-state index in [1.54, 1.807) is 42.6 Å². The van der Waals surface area contributed by atoms with E-state index in [2.05, 4.69) is 36.9 Å². The van der Waals surface area contributed by atoms with Crippen LogP contribution in [0.2, 0.25) is 0 Å². The molecular formula is C63H71FN10O9. The summed E-state index contributed by atoms with van der Waals surface area (Å²) >= 11 is 0. The van der Waals surface area contributed by atoms with Gasteiger partial charge in [-0.3, -0.25) is 28.8 Å². The zero-order chi connectivity index (χ0) is 57.8. The summed E-state index contributed by atoms with van der Waals surface area (Å²) in [5, 5.41) is 18.8. The average Bonchev–Trinajstić information content (AvgIpc) is 4.34. The van der Waals surface area contributed by atoms with Gasteiger partial charge in [-0.05, 0) is 115 Å². The van der Waals surface area contributed by atoms with Gasteiger partial charge < -0.3 is 61.9 Å². The lowest BCUT2D eigenvalue weighted by Gasteiger charge is -2.40. The normalized spacial score (nSPS) is 22.9. The minimum absolute atomic E-state index is 0.00505. The third kappa shape index (κ3) is 14.5. The zero-order valence-corrected chi connectivity index (χ0v) is 46.2. The maximum absolute atomic E-state index is 15.8. The Morgan fingerprint density at radius 1 is 0.651 bits per heavy atom. The third-order valence-electron chi connectivity index (χ3n) is 16.2. The molecule has 0 radical (unpaired) electrons. The molecule has 5 aromatic carbocycles. The number of hydrogen-bond acceptors (Lipinski definition) is 11. The van der Waals surface area contributed by atoms with Crippen molar-refractivity contribution in [1.82, 2.24) is 46.7 Å². The molecule has 19 nitrogen and oxygen atoms in total. The van der Waals surface area contributed by atoms with E-state index in [0.717, 1.165) is 33.2 Å². The average molecular weight is 1130 g/mol. The maximum atomic E-state index is 15.8. The van der Waals surface area contributed by atoms with Crippen molar-refractivity contribution in [1.29, 1.82) is 0 Å². The molecule has 20 heteroatoms. The summed E-state index contributed by atoms with van der Waals surface area (Å²) in [5.74, 6) is -3.72. The fourth-order valence-electron chi connectivity index (χ4n) is 11.7. The molecule has 3 saturated heterocycles. The number of amides is 7. The first-order valence-electron chi connectivity index (χ1n) is 28.6. The van der Waals surface area contributed by atoms with Crippen LogP contribution in [-0.4, -0.2) is 131 Å². The monoisotopic (exact) mass is 1130 g/mol. The Labute approximate surface area is 481 Å². The van der Waals surface area contributed by atoms with Gasteiger partial charge >= 0.3 is 6.09 Å². The number of nitrogens with zero attached hydrogens (tertiary/aromatic N) is 2. The number of aromatic amines is 1. The summed E-state index contributed by atoms with van der Waals surface area (Å²) in [6.45, 7) is 1.55. The molecule has 9 N–H and O–H groups in total. The van der Waals surface area contributed by atoms with Gasteiger partial charge in [0.05, 0.1) is 6.54 Å². The van der Waals surface area contributed by atoms with E-state index in [-0.39, 0.29) is 83.0 Å². The van der Waals surface area contributed by atoms with E-state index >= 15 is 28.8 Å². The van der Waals surface area contributed by atoms with Gasteiger partial charge in [-0.15, -0.1) is 0 Å². The number of aromatic nitrogens is 1. The molecule has 3 fully saturated rings. The summed E-state index contributed by atoms with van der Waals surface area (Å²) in [5.41, 5.74) is 11.0. The summed E-state index contributed by atoms with van der Waals surface area (Å²) < 4.78 is 25.5. The van der Waals surface area contributed by atoms with Gasteiger partial charge in [-0.1, -0.05) is 97.1 Å². The van der Waals surface area contributed by atoms with Crippen LogP contribution in [0.1, 0.15) is 65.5 Å². The van der Waals surface area contributed by atoms with Gasteiger partial charge in [0, 0.05) is 62.4 Å². The standard InChI is InChI=1S/C63H71FN10O9/c64-46-19-14-42(15-20-46)38-82-47-21-16-40(17-22-47)31-54-61(79)73-36-44-11-5-4-10-43(44)33-56(73)62(80)74-37-48(83-63(81)67-29-26-65)34-55(74)60(78)69-51(23-18-39-8-2-1-3-9-39)57(75)71-53(32-45-35-68-50-13-7-6-12-49(45)50)59(77)70-52(58(76)72-54)30-41-24-27-66-28-25-41/h1-17,19-22,35,41,48,51-56,66,68H,18,23-34,36-38,65H2,(H,67,81)(H,69,78)(H,70,77)(H,71,75)(H,72,76)/t48-,51+,52?,53-,54+,55+,56+/m1/s1. The highest BCUT2D eigenvalue weighted by Crippen LogP contribution is 2.31. The highest BCUT2D eigenvalue weighted by atomic mass is 19.1. The summed E-state index contributed by atoms with van der Waals surface area (Å²) in [4.78, 5) is 112. The van der Waals surface area contributed by atoms with Crippen LogP contribution in [0, 0.1) is 11.7 Å². The van der Waals surface area contributed by atoms with Gasteiger partial charge in [-0.25, -0.2) is 9.18 Å². The number of halogens is 1. The quantitative estimate of drug-likeness (QED) is 0.0721. The van der Waals surface area contributed by atoms with Crippen molar-refractivity contribution in [2.75, 3.05) is 32.7 Å². The fraction of sp³-hybridized carbons (Fsp3) is 0.381. The van der Waals surface area contributed by atoms with Gasteiger partial charge in [-0.2, -0.15) is 0 Å². The van der Waals surface area contributed by atoms with Crippen molar-refractivity contribution < 1.29 is 47.4 Å². The number of aryl methyl sites for hydroxylation is 1.